The van der Waals surface area contributed by atoms with Crippen molar-refractivity contribution in [1.82, 2.24) is 24.8 Å². The van der Waals surface area contributed by atoms with Crippen molar-refractivity contribution in [2.24, 2.45) is 5.92 Å². The first-order chi connectivity index (χ1) is 23.3. The summed E-state index contributed by atoms with van der Waals surface area (Å²) < 4.78 is 5.43. The van der Waals surface area contributed by atoms with E-state index < -0.39 is 0 Å². The fourth-order valence-corrected chi connectivity index (χ4v) is 7.37. The predicted octanol–water partition coefficient (Wildman–Crippen LogP) is 7.00. The molecule has 3 aromatic carbocycles. The molecule has 2 aromatic heterocycles. The molecule has 0 aliphatic carbocycles. The van der Waals surface area contributed by atoms with Crippen LogP contribution in [0.5, 0.6) is 11.6 Å². The van der Waals surface area contributed by atoms with E-state index in [9.17, 15) is 9.90 Å². The van der Waals surface area contributed by atoms with Gasteiger partial charge < -0.3 is 20.1 Å². The number of benzene rings is 3. The Morgan fingerprint density at radius 2 is 1.92 bits per heavy atom. The van der Waals surface area contributed by atoms with Crippen LogP contribution in [0, 0.1) is 5.92 Å². The molecule has 0 radical (unpaired) electrons. The number of nitrogens with zero attached hydrogens (tertiary/aromatic N) is 4. The zero-order valence-electron chi connectivity index (χ0n) is 27.9. The Morgan fingerprint density at radius 1 is 1.06 bits per heavy atom. The van der Waals surface area contributed by atoms with Crippen LogP contribution in [0.25, 0.3) is 33.5 Å². The molecule has 48 heavy (non-hydrogen) atoms. The molecule has 0 unspecified atom stereocenters. The molecular weight excluding hydrogens is 600 g/mol. The number of phenolic OH excluding ortho intramolecular Hbond substituents is 1. The summed E-state index contributed by atoms with van der Waals surface area (Å²) in [6.07, 6.45) is 6.58. The Bertz CT molecular complexity index is 1900. The van der Waals surface area contributed by atoms with E-state index in [0.717, 1.165) is 35.8 Å². The third kappa shape index (κ3) is 6.79. The molecule has 0 bridgehead atoms. The van der Waals surface area contributed by atoms with Gasteiger partial charge in [-0.15, -0.1) is 0 Å². The molecule has 2 aliphatic heterocycles. The highest BCUT2D eigenvalue weighted by Gasteiger charge is 2.36. The van der Waals surface area contributed by atoms with Crippen LogP contribution in [0.3, 0.4) is 0 Å². The number of aromatic nitrogens is 3. The van der Waals surface area contributed by atoms with Crippen molar-refractivity contribution >= 4 is 22.6 Å². The number of nitrogens with one attached hydrogen (secondary N) is 2. The maximum absolute atomic E-state index is 13.3. The zero-order valence-corrected chi connectivity index (χ0v) is 27.9. The first kappa shape index (κ1) is 31.8. The number of fused-ring (bicyclic) bond motifs is 2. The van der Waals surface area contributed by atoms with Crippen molar-refractivity contribution in [3.05, 3.63) is 90.1 Å². The van der Waals surface area contributed by atoms with E-state index in [4.69, 9.17) is 9.72 Å². The minimum Gasteiger partial charge on any atom is -0.507 e. The van der Waals surface area contributed by atoms with Gasteiger partial charge in [0.2, 0.25) is 5.88 Å². The molecule has 2 saturated heterocycles. The fourth-order valence-electron chi connectivity index (χ4n) is 7.37. The number of amides is 1. The lowest BCUT2D eigenvalue weighted by atomic mass is 9.97. The second kappa shape index (κ2) is 13.8. The first-order valence-electron chi connectivity index (χ1n) is 17.1. The standard InChI is InChI=1S/C39H44N6O3/c1-25(2)20-31-24-44-18-5-6-30(44)23-45(31)19-16-26-8-12-29(13-9-26)41-38(47)28-10-14-34-35(22-28)43-37(42-34)33-21-27(11-15-36(33)46)32-7-4-17-40-39(32)48-3/h4,7-15,17,21-22,25,30-31,46H,5-6,16,18-20,23-24H2,1-3H3,(H,41,47)(H,42,43)/t30-,31-/m0/s1. The summed E-state index contributed by atoms with van der Waals surface area (Å²) in [5, 5.41) is 13.8. The van der Waals surface area contributed by atoms with E-state index in [-0.39, 0.29) is 11.7 Å². The first-order valence-corrected chi connectivity index (χ1v) is 17.1. The molecule has 1 amide bonds. The second-order valence-electron chi connectivity index (χ2n) is 13.6. The molecule has 2 aliphatic rings. The molecule has 3 N–H and O–H groups in total. The van der Waals surface area contributed by atoms with Gasteiger partial charge in [-0.05, 0) is 104 Å². The fraction of sp³-hybridized carbons (Fsp3) is 0.359. The number of rotatable bonds is 10. The predicted molar refractivity (Wildman–Crippen MR) is 190 cm³/mol. The Balaban J connectivity index is 1.01. The molecule has 9 heteroatoms. The van der Waals surface area contributed by atoms with Crippen LogP contribution in [0.1, 0.15) is 49.0 Å². The third-order valence-electron chi connectivity index (χ3n) is 9.82. The van der Waals surface area contributed by atoms with Gasteiger partial charge in [0, 0.05) is 54.7 Å². The van der Waals surface area contributed by atoms with Crippen molar-refractivity contribution in [2.45, 2.75) is 51.6 Å². The van der Waals surface area contributed by atoms with Gasteiger partial charge in [0.15, 0.2) is 0 Å². The van der Waals surface area contributed by atoms with Crippen LogP contribution < -0.4 is 10.1 Å². The van der Waals surface area contributed by atoms with Gasteiger partial charge in [0.1, 0.15) is 11.6 Å². The summed E-state index contributed by atoms with van der Waals surface area (Å²) >= 11 is 0. The number of hydrogen-bond acceptors (Lipinski definition) is 7. The van der Waals surface area contributed by atoms with Gasteiger partial charge in [0.05, 0.1) is 23.7 Å². The number of aromatic amines is 1. The molecular formula is C39H44N6O3. The van der Waals surface area contributed by atoms with Gasteiger partial charge >= 0.3 is 0 Å². The summed E-state index contributed by atoms with van der Waals surface area (Å²) in [4.78, 5) is 31.0. The quantitative estimate of drug-likeness (QED) is 0.150. The minimum atomic E-state index is -0.194. The topological polar surface area (TPSA) is 107 Å². The highest BCUT2D eigenvalue weighted by Crippen LogP contribution is 2.36. The number of anilines is 1. The summed E-state index contributed by atoms with van der Waals surface area (Å²) in [7, 11) is 1.58. The van der Waals surface area contributed by atoms with E-state index in [1.165, 1.54) is 44.5 Å². The molecule has 7 rings (SSSR count). The molecule has 5 aromatic rings. The average Bonchev–Trinajstić information content (AvgIpc) is 3.74. The van der Waals surface area contributed by atoms with Gasteiger partial charge in [-0.2, -0.15) is 0 Å². The van der Waals surface area contributed by atoms with Crippen LogP contribution in [-0.4, -0.2) is 81.1 Å². The van der Waals surface area contributed by atoms with E-state index in [0.29, 0.717) is 45.8 Å². The van der Waals surface area contributed by atoms with Gasteiger partial charge in [-0.1, -0.05) is 32.0 Å². The molecule has 0 spiro atoms. The lowest BCUT2D eigenvalue weighted by Crippen LogP contribution is -2.56. The number of ether oxygens (including phenoxy) is 1. The maximum atomic E-state index is 13.3. The van der Waals surface area contributed by atoms with Crippen molar-refractivity contribution in [3.63, 3.8) is 0 Å². The normalized spacial score (nSPS) is 18.3. The molecule has 0 saturated carbocycles. The molecule has 248 valence electrons. The summed E-state index contributed by atoms with van der Waals surface area (Å²) in [6.45, 7) is 9.39. The number of carbonyl (C=O) groups is 1. The van der Waals surface area contributed by atoms with E-state index >= 15 is 0 Å². The van der Waals surface area contributed by atoms with Crippen LogP contribution in [-0.2, 0) is 6.42 Å². The van der Waals surface area contributed by atoms with Crippen LogP contribution >= 0.6 is 0 Å². The lowest BCUT2D eigenvalue weighted by molar-refractivity contribution is 0.0421. The van der Waals surface area contributed by atoms with E-state index in [2.05, 4.69) is 51.1 Å². The van der Waals surface area contributed by atoms with Crippen molar-refractivity contribution in [1.29, 1.82) is 0 Å². The zero-order chi connectivity index (χ0) is 33.2. The number of methoxy groups -OCH3 is 1. The van der Waals surface area contributed by atoms with Crippen molar-refractivity contribution < 1.29 is 14.6 Å². The maximum Gasteiger partial charge on any atom is 0.255 e. The smallest absolute Gasteiger partial charge is 0.255 e. The van der Waals surface area contributed by atoms with Crippen LogP contribution in [0.2, 0.25) is 0 Å². The van der Waals surface area contributed by atoms with Gasteiger partial charge in [0.25, 0.3) is 5.91 Å². The Hall–Kier alpha value is -4.73. The number of carbonyl (C=O) groups excluding carboxylic acids is 1. The molecule has 4 heterocycles. The summed E-state index contributed by atoms with van der Waals surface area (Å²) in [5.74, 6) is 1.59. The number of pyridine rings is 1. The number of hydrogen-bond donors (Lipinski definition) is 3. The number of H-pyrrole nitrogens is 1. The largest absolute Gasteiger partial charge is 0.507 e. The minimum absolute atomic E-state index is 0.0915. The SMILES string of the molecule is COc1ncccc1-c1ccc(O)c(-c2nc3ccc(C(=O)Nc4ccc(CCN5C[C@@H]6CCCN6C[C@@H]5CC(C)C)cc4)cc3[nH]2)c1. The second-order valence-corrected chi connectivity index (χ2v) is 13.6. The van der Waals surface area contributed by atoms with Gasteiger partial charge in [-0.25, -0.2) is 9.97 Å². The Labute approximate surface area is 282 Å². The van der Waals surface area contributed by atoms with Crippen LogP contribution in [0.15, 0.2) is 79.0 Å². The van der Waals surface area contributed by atoms with E-state index in [1.807, 2.05) is 42.5 Å². The highest BCUT2D eigenvalue weighted by molar-refractivity contribution is 6.06. The van der Waals surface area contributed by atoms with Gasteiger partial charge in [-0.3, -0.25) is 14.6 Å². The Kier molecular flexibility index (Phi) is 9.15. The summed E-state index contributed by atoms with van der Waals surface area (Å²) in [6, 6.07) is 24.0. The van der Waals surface area contributed by atoms with Crippen molar-refractivity contribution in [2.75, 3.05) is 38.6 Å². The third-order valence-corrected chi connectivity index (χ3v) is 9.82. The Morgan fingerprint density at radius 3 is 2.73 bits per heavy atom. The average molecular weight is 645 g/mol. The number of aromatic hydroxyl groups is 1. The molecule has 9 nitrogen and oxygen atoms in total. The lowest BCUT2D eigenvalue weighted by Gasteiger charge is -2.44. The van der Waals surface area contributed by atoms with E-state index in [1.54, 1.807) is 31.5 Å². The number of phenols is 1. The molecule has 2 fully saturated rings. The molecule has 2 atom stereocenters. The summed E-state index contributed by atoms with van der Waals surface area (Å²) in [5.41, 5.74) is 6.14. The monoisotopic (exact) mass is 644 g/mol. The van der Waals surface area contributed by atoms with Crippen LogP contribution in [0.4, 0.5) is 5.69 Å². The number of piperazine rings is 1. The van der Waals surface area contributed by atoms with Crippen molar-refractivity contribution in [3.8, 4) is 34.1 Å². The number of imidazole rings is 1. The highest BCUT2D eigenvalue weighted by atomic mass is 16.5.